The molecule has 0 aliphatic carbocycles. The zero-order valence-electron chi connectivity index (χ0n) is 24.6. The zero-order valence-corrected chi connectivity index (χ0v) is 28.0. The molecule has 0 saturated carbocycles. The van der Waals surface area contributed by atoms with Crippen LogP contribution < -0.4 is 19.0 Å². The first-order chi connectivity index (χ1) is 21.1. The number of alkyl halides is 3. The van der Waals surface area contributed by atoms with E-state index in [1.54, 1.807) is 42.8 Å². The van der Waals surface area contributed by atoms with E-state index in [2.05, 4.69) is 4.74 Å². The summed E-state index contributed by atoms with van der Waals surface area (Å²) >= 11 is 1.38. The highest BCUT2D eigenvalue weighted by Gasteiger charge is 2.31. The molecule has 0 unspecified atom stereocenters. The lowest BCUT2D eigenvalue weighted by Gasteiger charge is -2.25. The minimum absolute atomic E-state index is 0. The molecule has 0 amide bonds. The van der Waals surface area contributed by atoms with E-state index < -0.39 is 16.4 Å². The lowest BCUT2D eigenvalue weighted by Crippen LogP contribution is -2.35. The Kier molecular flexibility index (Phi) is 11.4. The summed E-state index contributed by atoms with van der Waals surface area (Å²) in [4.78, 5) is 5.59. The van der Waals surface area contributed by atoms with Gasteiger partial charge in [-0.05, 0) is 78.9 Å². The fourth-order valence-electron chi connectivity index (χ4n) is 5.03. The summed E-state index contributed by atoms with van der Waals surface area (Å²) in [6.45, 7) is 1.56. The maximum atomic E-state index is 13.2. The molecular formula is C31H33BrF3N3O5S2. The highest BCUT2D eigenvalue weighted by atomic mass is 79.9. The number of ether oxygens (including phenoxy) is 3. The molecule has 1 fully saturated rings. The van der Waals surface area contributed by atoms with Crippen LogP contribution in [0, 0.1) is 0 Å². The van der Waals surface area contributed by atoms with Gasteiger partial charge in [0.25, 0.3) is 0 Å². The van der Waals surface area contributed by atoms with Gasteiger partial charge in [-0.3, -0.25) is 0 Å². The van der Waals surface area contributed by atoms with Crippen molar-refractivity contribution in [1.29, 1.82) is 0 Å². The van der Waals surface area contributed by atoms with E-state index in [-0.39, 0.29) is 27.6 Å². The summed E-state index contributed by atoms with van der Waals surface area (Å²) in [5.41, 5.74) is 3.08. The van der Waals surface area contributed by atoms with Gasteiger partial charge in [-0.1, -0.05) is 24.6 Å². The van der Waals surface area contributed by atoms with Gasteiger partial charge in [0.15, 0.2) is 16.3 Å². The number of thiazole rings is 1. The van der Waals surface area contributed by atoms with Crippen LogP contribution in [0.4, 0.5) is 18.9 Å². The number of halogens is 4. The first-order valence-electron chi connectivity index (χ1n) is 14.0. The van der Waals surface area contributed by atoms with E-state index in [0.29, 0.717) is 48.0 Å². The van der Waals surface area contributed by atoms with Gasteiger partial charge in [-0.15, -0.1) is 41.5 Å². The van der Waals surface area contributed by atoms with Gasteiger partial charge in [0.1, 0.15) is 5.75 Å². The van der Waals surface area contributed by atoms with Crippen LogP contribution >= 0.6 is 28.3 Å². The smallest absolute Gasteiger partial charge is 0.493 e. The van der Waals surface area contributed by atoms with Crippen LogP contribution in [0.25, 0.3) is 11.3 Å². The van der Waals surface area contributed by atoms with E-state index in [1.807, 2.05) is 28.1 Å². The molecule has 1 aromatic heterocycles. The minimum Gasteiger partial charge on any atom is -0.493 e. The highest BCUT2D eigenvalue weighted by molar-refractivity contribution is 8.93. The van der Waals surface area contributed by atoms with Gasteiger partial charge in [0.05, 0.1) is 30.5 Å². The number of hydrogen-bond acceptors (Lipinski definition) is 7. The normalized spacial score (nSPS) is 14.6. The molecular weight excluding hydrogens is 695 g/mol. The standard InChI is InChI=1S/C31H32F3N3O5S2.BrH/c1-40-28-15-6-22(20-29(28)41-2)16-19-37-27(21-43-30(37)35-24-9-11-25(12-10-24)42-31(32,33)34)23-7-13-26(14-8-23)44(38,39)36-17-4-3-5-18-36;/h6-15,20-21H,3-5,16-19H2,1-2H3;1H. The Morgan fingerprint density at radius 3 is 2.18 bits per heavy atom. The lowest BCUT2D eigenvalue weighted by molar-refractivity contribution is -0.274. The third kappa shape index (κ3) is 8.48. The largest absolute Gasteiger partial charge is 0.573 e. The summed E-state index contributed by atoms with van der Waals surface area (Å²) < 4.78 is 82.5. The van der Waals surface area contributed by atoms with E-state index in [4.69, 9.17) is 14.5 Å². The van der Waals surface area contributed by atoms with E-state index >= 15 is 0 Å². The summed E-state index contributed by atoms with van der Waals surface area (Å²) in [5, 5.41) is 1.93. The van der Waals surface area contributed by atoms with E-state index in [0.717, 1.165) is 36.1 Å². The average Bonchev–Trinajstić information content (AvgIpc) is 3.42. The summed E-state index contributed by atoms with van der Waals surface area (Å²) in [5.74, 6) is 0.898. The van der Waals surface area contributed by atoms with Crippen LogP contribution in [-0.4, -0.2) is 51.0 Å². The molecule has 242 valence electrons. The topological polar surface area (TPSA) is 82.4 Å². The predicted molar refractivity (Wildman–Crippen MR) is 172 cm³/mol. The summed E-state index contributed by atoms with van der Waals surface area (Å²) in [6, 6.07) is 17.9. The quantitative estimate of drug-likeness (QED) is 0.171. The second-order valence-corrected chi connectivity index (χ2v) is 12.9. The third-order valence-electron chi connectivity index (χ3n) is 7.27. The van der Waals surface area contributed by atoms with Crippen molar-refractivity contribution in [2.24, 2.45) is 4.99 Å². The minimum atomic E-state index is -4.78. The molecule has 14 heteroatoms. The van der Waals surface area contributed by atoms with Crippen molar-refractivity contribution in [3.8, 4) is 28.5 Å². The van der Waals surface area contributed by atoms with E-state index in [1.165, 1.54) is 35.6 Å². The van der Waals surface area contributed by atoms with Gasteiger partial charge in [0.2, 0.25) is 10.0 Å². The van der Waals surface area contributed by atoms with Crippen LogP contribution in [0.2, 0.25) is 0 Å². The van der Waals surface area contributed by atoms with Crippen molar-refractivity contribution in [3.63, 3.8) is 0 Å². The molecule has 0 spiro atoms. The molecule has 0 atom stereocenters. The summed E-state index contributed by atoms with van der Waals surface area (Å²) in [7, 11) is -0.425. The van der Waals surface area contributed by atoms with Crippen molar-refractivity contribution in [2.75, 3.05) is 27.3 Å². The van der Waals surface area contributed by atoms with Crippen LogP contribution in [-0.2, 0) is 23.0 Å². The number of piperidine rings is 1. The molecule has 1 saturated heterocycles. The van der Waals surface area contributed by atoms with Crippen LogP contribution in [0.3, 0.4) is 0 Å². The number of hydrogen-bond donors (Lipinski definition) is 0. The maximum absolute atomic E-state index is 13.2. The second-order valence-electron chi connectivity index (χ2n) is 10.1. The third-order valence-corrected chi connectivity index (χ3v) is 10.0. The number of sulfonamides is 1. The zero-order chi connectivity index (χ0) is 31.3. The van der Waals surface area contributed by atoms with Gasteiger partial charge in [-0.25, -0.2) is 13.4 Å². The number of nitrogens with zero attached hydrogens (tertiary/aromatic N) is 3. The molecule has 0 N–H and O–H groups in total. The number of rotatable bonds is 10. The van der Waals surface area contributed by atoms with Crippen LogP contribution in [0.5, 0.6) is 17.2 Å². The molecule has 0 radical (unpaired) electrons. The van der Waals surface area contributed by atoms with Gasteiger partial charge in [-0.2, -0.15) is 4.31 Å². The molecule has 1 aliphatic rings. The van der Waals surface area contributed by atoms with Gasteiger partial charge in [0, 0.05) is 25.0 Å². The first kappa shape index (κ1) is 34.5. The molecule has 2 heterocycles. The van der Waals surface area contributed by atoms with Crippen LogP contribution in [0.1, 0.15) is 24.8 Å². The summed E-state index contributed by atoms with van der Waals surface area (Å²) in [6.07, 6.45) is -1.42. The maximum Gasteiger partial charge on any atom is 0.573 e. The van der Waals surface area contributed by atoms with Crippen molar-refractivity contribution >= 4 is 44.0 Å². The fraction of sp³-hybridized carbons (Fsp3) is 0.323. The van der Waals surface area contributed by atoms with Crippen molar-refractivity contribution in [2.45, 2.75) is 43.5 Å². The Hall–Kier alpha value is -3.33. The molecule has 4 aromatic rings. The Morgan fingerprint density at radius 1 is 0.889 bits per heavy atom. The molecule has 5 rings (SSSR count). The Balaban J connectivity index is 0.00000461. The van der Waals surface area contributed by atoms with Crippen LogP contribution in [0.15, 0.2) is 82.0 Å². The number of methoxy groups -OCH3 is 2. The van der Waals surface area contributed by atoms with Gasteiger partial charge < -0.3 is 18.8 Å². The molecule has 1 aliphatic heterocycles. The lowest BCUT2D eigenvalue weighted by atomic mass is 10.1. The Labute approximate surface area is 274 Å². The van der Waals surface area contributed by atoms with Crippen molar-refractivity contribution in [3.05, 3.63) is 82.5 Å². The molecule has 0 bridgehead atoms. The van der Waals surface area contributed by atoms with Crippen molar-refractivity contribution in [1.82, 2.24) is 8.87 Å². The van der Waals surface area contributed by atoms with Crippen molar-refractivity contribution < 1.29 is 35.8 Å². The molecule has 3 aromatic carbocycles. The second kappa shape index (κ2) is 14.8. The Morgan fingerprint density at radius 2 is 1.56 bits per heavy atom. The number of aromatic nitrogens is 1. The van der Waals surface area contributed by atoms with Gasteiger partial charge >= 0.3 is 6.36 Å². The predicted octanol–water partition coefficient (Wildman–Crippen LogP) is 7.36. The monoisotopic (exact) mass is 727 g/mol. The molecule has 8 nitrogen and oxygen atoms in total. The first-order valence-corrected chi connectivity index (χ1v) is 16.3. The highest BCUT2D eigenvalue weighted by Crippen LogP contribution is 2.30. The SMILES string of the molecule is Br.COc1ccc(CCn2c(-c3ccc(S(=O)(=O)N4CCCCC4)cc3)csc2=Nc2ccc(OC(F)(F)F)cc2)cc1OC. The van der Waals surface area contributed by atoms with E-state index in [9.17, 15) is 21.6 Å². The number of benzene rings is 3. The fourth-order valence-corrected chi connectivity index (χ4v) is 7.50. The Bertz CT molecular complexity index is 1750. The number of aryl methyl sites for hydroxylation is 1. The average molecular weight is 729 g/mol. The molecule has 45 heavy (non-hydrogen) atoms.